The molecule has 0 aliphatic heterocycles. The number of halogens is 1. The third-order valence-corrected chi connectivity index (χ3v) is 4.41. The second-order valence-electron chi connectivity index (χ2n) is 5.81. The fraction of sp³-hybridized carbons (Fsp3) is 0.211. The van der Waals surface area contributed by atoms with Gasteiger partial charge in [0, 0.05) is 18.3 Å². The number of pyridine rings is 1. The van der Waals surface area contributed by atoms with E-state index in [2.05, 4.69) is 15.0 Å². The van der Waals surface area contributed by atoms with Crippen LogP contribution in [0.2, 0.25) is 5.02 Å². The third-order valence-electron chi connectivity index (χ3n) is 4.08. The molecule has 0 atom stereocenters. The standard InChI is InChI=1S/C19H18ClN3O3/c1-12-16(23-10-4-3-5-17(23)21-12)8-9-18(24)22-15-11-13(19(25)26-2)6-7-14(15)20/h3-7,10-11H,8-9H2,1-2H3,(H,22,24). The van der Waals surface area contributed by atoms with Gasteiger partial charge in [-0.3, -0.25) is 4.79 Å². The van der Waals surface area contributed by atoms with Crippen LogP contribution in [0.4, 0.5) is 5.69 Å². The van der Waals surface area contributed by atoms with Crippen molar-refractivity contribution in [1.82, 2.24) is 9.38 Å². The van der Waals surface area contributed by atoms with Crippen LogP contribution < -0.4 is 5.32 Å². The average Bonchev–Trinajstić information content (AvgIpc) is 2.96. The van der Waals surface area contributed by atoms with Gasteiger partial charge in [0.05, 0.1) is 29.1 Å². The van der Waals surface area contributed by atoms with E-state index in [0.717, 1.165) is 17.0 Å². The second-order valence-corrected chi connectivity index (χ2v) is 6.21. The molecular weight excluding hydrogens is 354 g/mol. The minimum Gasteiger partial charge on any atom is -0.465 e. The number of imidazole rings is 1. The summed E-state index contributed by atoms with van der Waals surface area (Å²) in [6, 6.07) is 10.4. The van der Waals surface area contributed by atoms with Crippen molar-refractivity contribution < 1.29 is 14.3 Å². The number of hydrogen-bond acceptors (Lipinski definition) is 4. The van der Waals surface area contributed by atoms with Crippen molar-refractivity contribution in [1.29, 1.82) is 0 Å². The molecule has 3 rings (SSSR count). The molecule has 2 heterocycles. The van der Waals surface area contributed by atoms with Crippen LogP contribution >= 0.6 is 11.6 Å². The minimum atomic E-state index is -0.487. The molecule has 1 N–H and O–H groups in total. The van der Waals surface area contributed by atoms with E-state index in [0.29, 0.717) is 22.7 Å². The molecule has 3 aromatic rings. The van der Waals surface area contributed by atoms with Gasteiger partial charge in [-0.2, -0.15) is 0 Å². The van der Waals surface area contributed by atoms with Crippen molar-refractivity contribution in [2.75, 3.05) is 12.4 Å². The van der Waals surface area contributed by atoms with Crippen LogP contribution in [0.3, 0.4) is 0 Å². The number of amides is 1. The lowest BCUT2D eigenvalue weighted by atomic mass is 10.1. The summed E-state index contributed by atoms with van der Waals surface area (Å²) in [7, 11) is 1.30. The van der Waals surface area contributed by atoms with E-state index in [1.807, 2.05) is 35.7 Å². The molecule has 0 spiro atoms. The molecule has 26 heavy (non-hydrogen) atoms. The first-order valence-electron chi connectivity index (χ1n) is 8.10. The summed E-state index contributed by atoms with van der Waals surface area (Å²) in [5.74, 6) is -0.683. The maximum atomic E-state index is 12.3. The summed E-state index contributed by atoms with van der Waals surface area (Å²) < 4.78 is 6.66. The zero-order chi connectivity index (χ0) is 18.7. The molecule has 0 bridgehead atoms. The number of hydrogen-bond donors (Lipinski definition) is 1. The van der Waals surface area contributed by atoms with Gasteiger partial charge in [0.1, 0.15) is 5.65 Å². The summed E-state index contributed by atoms with van der Waals surface area (Å²) in [6.07, 6.45) is 2.73. The lowest BCUT2D eigenvalue weighted by molar-refractivity contribution is -0.116. The van der Waals surface area contributed by atoms with Crippen LogP contribution in [0, 0.1) is 6.92 Å². The summed E-state index contributed by atoms with van der Waals surface area (Å²) in [4.78, 5) is 28.4. The van der Waals surface area contributed by atoms with Crippen molar-refractivity contribution in [3.63, 3.8) is 0 Å². The third kappa shape index (κ3) is 3.70. The van der Waals surface area contributed by atoms with Gasteiger partial charge in [0.25, 0.3) is 0 Å². The molecule has 0 saturated carbocycles. The van der Waals surface area contributed by atoms with E-state index < -0.39 is 5.97 Å². The Morgan fingerprint density at radius 2 is 2.08 bits per heavy atom. The van der Waals surface area contributed by atoms with Crippen LogP contribution in [0.5, 0.6) is 0 Å². The topological polar surface area (TPSA) is 72.7 Å². The maximum absolute atomic E-state index is 12.3. The van der Waals surface area contributed by atoms with Crippen LogP contribution in [0.25, 0.3) is 5.65 Å². The normalized spacial score (nSPS) is 10.7. The Morgan fingerprint density at radius 3 is 2.85 bits per heavy atom. The Morgan fingerprint density at radius 1 is 1.27 bits per heavy atom. The van der Waals surface area contributed by atoms with Crippen LogP contribution in [0.1, 0.15) is 28.2 Å². The van der Waals surface area contributed by atoms with Gasteiger partial charge in [-0.25, -0.2) is 9.78 Å². The predicted octanol–water partition coefficient (Wildman–Crippen LogP) is 3.65. The SMILES string of the molecule is COC(=O)c1ccc(Cl)c(NC(=O)CCc2c(C)nc3ccccn23)c1. The number of nitrogens with zero attached hydrogens (tertiary/aromatic N) is 2. The summed E-state index contributed by atoms with van der Waals surface area (Å²) in [5, 5.41) is 3.11. The highest BCUT2D eigenvalue weighted by atomic mass is 35.5. The Balaban J connectivity index is 1.71. The molecule has 1 amide bonds. The Hall–Kier alpha value is -2.86. The van der Waals surface area contributed by atoms with Gasteiger partial charge in [-0.1, -0.05) is 17.7 Å². The van der Waals surface area contributed by atoms with E-state index >= 15 is 0 Å². The van der Waals surface area contributed by atoms with E-state index in [-0.39, 0.29) is 12.3 Å². The number of rotatable bonds is 5. The zero-order valence-electron chi connectivity index (χ0n) is 14.5. The summed E-state index contributed by atoms with van der Waals surface area (Å²) in [5.41, 5.74) is 3.45. The minimum absolute atomic E-state index is 0.195. The Kier molecular flexibility index (Phi) is 5.23. The van der Waals surface area contributed by atoms with E-state index in [1.165, 1.54) is 13.2 Å². The van der Waals surface area contributed by atoms with E-state index in [9.17, 15) is 9.59 Å². The molecule has 1 aromatic carbocycles. The van der Waals surface area contributed by atoms with E-state index in [1.54, 1.807) is 12.1 Å². The molecule has 0 aliphatic rings. The Labute approximate surface area is 155 Å². The fourth-order valence-electron chi connectivity index (χ4n) is 2.78. The number of carbonyl (C=O) groups is 2. The first-order chi connectivity index (χ1) is 12.5. The number of aryl methyl sites for hydroxylation is 2. The number of aromatic nitrogens is 2. The van der Waals surface area contributed by atoms with Gasteiger partial charge >= 0.3 is 5.97 Å². The second kappa shape index (κ2) is 7.58. The molecule has 0 unspecified atom stereocenters. The van der Waals surface area contributed by atoms with Crippen LogP contribution in [-0.4, -0.2) is 28.4 Å². The summed E-state index contributed by atoms with van der Waals surface area (Å²) >= 11 is 6.11. The number of fused-ring (bicyclic) bond motifs is 1. The van der Waals surface area contributed by atoms with Crippen molar-refractivity contribution in [2.45, 2.75) is 19.8 Å². The summed E-state index contributed by atoms with van der Waals surface area (Å²) in [6.45, 7) is 1.93. The molecule has 0 fully saturated rings. The van der Waals surface area contributed by atoms with Gasteiger partial charge in [-0.05, 0) is 43.7 Å². The molecular formula is C19H18ClN3O3. The smallest absolute Gasteiger partial charge is 0.337 e. The van der Waals surface area contributed by atoms with Crippen molar-refractivity contribution in [3.8, 4) is 0 Å². The number of benzene rings is 1. The van der Waals surface area contributed by atoms with Gasteiger partial charge in [0.15, 0.2) is 0 Å². The maximum Gasteiger partial charge on any atom is 0.337 e. The number of ether oxygens (including phenoxy) is 1. The highest BCUT2D eigenvalue weighted by Gasteiger charge is 2.13. The van der Waals surface area contributed by atoms with Crippen molar-refractivity contribution >= 4 is 34.8 Å². The molecule has 7 heteroatoms. The molecule has 0 aliphatic carbocycles. The van der Waals surface area contributed by atoms with Crippen LogP contribution in [-0.2, 0) is 16.0 Å². The monoisotopic (exact) mass is 371 g/mol. The lowest BCUT2D eigenvalue weighted by Crippen LogP contribution is -2.14. The highest BCUT2D eigenvalue weighted by molar-refractivity contribution is 6.33. The fourth-order valence-corrected chi connectivity index (χ4v) is 2.94. The zero-order valence-corrected chi connectivity index (χ0v) is 15.2. The van der Waals surface area contributed by atoms with E-state index in [4.69, 9.17) is 11.6 Å². The molecule has 2 aromatic heterocycles. The average molecular weight is 372 g/mol. The number of carbonyl (C=O) groups excluding carboxylic acids is 2. The molecule has 134 valence electrons. The first-order valence-corrected chi connectivity index (χ1v) is 8.47. The van der Waals surface area contributed by atoms with Gasteiger partial charge in [-0.15, -0.1) is 0 Å². The quantitative estimate of drug-likeness (QED) is 0.695. The number of nitrogens with one attached hydrogen (secondary N) is 1. The molecule has 0 radical (unpaired) electrons. The van der Waals surface area contributed by atoms with Crippen LogP contribution in [0.15, 0.2) is 42.6 Å². The predicted molar refractivity (Wildman–Crippen MR) is 99.7 cm³/mol. The molecule has 0 saturated heterocycles. The van der Waals surface area contributed by atoms with Gasteiger partial charge in [0.2, 0.25) is 5.91 Å². The highest BCUT2D eigenvalue weighted by Crippen LogP contribution is 2.24. The van der Waals surface area contributed by atoms with Crippen molar-refractivity contribution in [2.24, 2.45) is 0 Å². The molecule has 6 nitrogen and oxygen atoms in total. The number of esters is 1. The number of anilines is 1. The lowest BCUT2D eigenvalue weighted by Gasteiger charge is -2.09. The number of methoxy groups -OCH3 is 1. The van der Waals surface area contributed by atoms with Crippen molar-refractivity contribution in [3.05, 3.63) is 64.6 Å². The Bertz CT molecular complexity index is 981. The first kappa shape index (κ1) is 17.9. The van der Waals surface area contributed by atoms with Gasteiger partial charge < -0.3 is 14.5 Å². The largest absolute Gasteiger partial charge is 0.465 e.